The van der Waals surface area contributed by atoms with Gasteiger partial charge in [0, 0.05) is 24.2 Å². The summed E-state index contributed by atoms with van der Waals surface area (Å²) in [7, 11) is 0. The first kappa shape index (κ1) is 26.2. The van der Waals surface area contributed by atoms with Gasteiger partial charge in [-0.3, -0.25) is 58.8 Å². The number of benzene rings is 2. The van der Waals surface area contributed by atoms with Crippen molar-refractivity contribution in [1.29, 1.82) is 0 Å². The van der Waals surface area contributed by atoms with Crippen molar-refractivity contribution >= 4 is 58.6 Å². The Balaban J connectivity index is 0.000000161. The Hall–Kier alpha value is -5.40. The van der Waals surface area contributed by atoms with E-state index in [1.54, 1.807) is 12.1 Å². The Morgan fingerprint density at radius 3 is 1.27 bits per heavy atom. The maximum absolute atomic E-state index is 12.3. The molecule has 2 atom stereocenters. The largest absolute Gasteiger partial charge is 0.398 e. The fraction of sp³-hybridized carbons (Fsp3) is 0.231. The van der Waals surface area contributed by atoms with Gasteiger partial charge in [-0.15, -0.1) is 0 Å². The molecular weight excluding hydrogens is 524 g/mol. The summed E-state index contributed by atoms with van der Waals surface area (Å²) in [5.41, 5.74) is 12.5. The summed E-state index contributed by atoms with van der Waals surface area (Å²) in [6.07, 6.45) is 0.463. The first-order valence-electron chi connectivity index (χ1n) is 12.2. The summed E-state index contributed by atoms with van der Waals surface area (Å²) >= 11 is 0. The lowest BCUT2D eigenvalue weighted by Crippen LogP contribution is -2.54. The molecule has 4 heterocycles. The summed E-state index contributed by atoms with van der Waals surface area (Å²) in [5, 5.41) is 4.27. The molecule has 6 rings (SSSR count). The van der Waals surface area contributed by atoms with Gasteiger partial charge in [0.25, 0.3) is 23.6 Å². The van der Waals surface area contributed by atoms with Gasteiger partial charge in [-0.1, -0.05) is 12.1 Å². The summed E-state index contributed by atoms with van der Waals surface area (Å²) in [5.74, 6) is -4.33. The van der Waals surface area contributed by atoms with Crippen LogP contribution in [0.3, 0.4) is 0 Å². The number of anilines is 2. The van der Waals surface area contributed by atoms with Crippen LogP contribution >= 0.6 is 0 Å². The van der Waals surface area contributed by atoms with E-state index in [1.165, 1.54) is 24.3 Å². The molecule has 0 saturated carbocycles. The molecule has 2 fully saturated rings. The third kappa shape index (κ3) is 4.15. The van der Waals surface area contributed by atoms with Crippen molar-refractivity contribution in [2.45, 2.75) is 37.8 Å². The third-order valence-corrected chi connectivity index (χ3v) is 7.00. The molecule has 0 unspecified atom stereocenters. The summed E-state index contributed by atoms with van der Waals surface area (Å²) < 4.78 is 0. The molecule has 40 heavy (non-hydrogen) atoms. The number of fused-ring (bicyclic) bond motifs is 2. The van der Waals surface area contributed by atoms with Crippen molar-refractivity contribution in [2.75, 3.05) is 11.5 Å². The standard InChI is InChI=1S/2C13H11N3O4/c2*14-7-3-1-2-6-10(7)13(20)16(12(6)19)8-4-5-9(17)15-11(8)18/h2*1-3,8H,4-5,14H2,(H,15,17,18)/t2*8-/m10/s1. The Morgan fingerprint density at radius 2 is 0.950 bits per heavy atom. The topological polar surface area (TPSA) is 219 Å². The highest BCUT2D eigenvalue weighted by atomic mass is 16.2. The average molecular weight is 546 g/mol. The van der Waals surface area contributed by atoms with E-state index in [1.807, 2.05) is 0 Å². The van der Waals surface area contributed by atoms with Crippen molar-refractivity contribution in [2.24, 2.45) is 0 Å². The van der Waals surface area contributed by atoms with Crippen LogP contribution in [0.5, 0.6) is 0 Å². The van der Waals surface area contributed by atoms with Crippen LogP contribution in [0.2, 0.25) is 0 Å². The van der Waals surface area contributed by atoms with Gasteiger partial charge in [0.1, 0.15) is 12.1 Å². The highest BCUT2D eigenvalue weighted by molar-refractivity contribution is 6.26. The number of nitrogens with two attached hydrogens (primary N) is 2. The van der Waals surface area contributed by atoms with Gasteiger partial charge in [0.15, 0.2) is 0 Å². The first-order chi connectivity index (χ1) is 19.0. The number of piperidine rings is 2. The Morgan fingerprint density at radius 1 is 0.575 bits per heavy atom. The molecule has 8 amide bonds. The van der Waals surface area contributed by atoms with Crippen LogP contribution in [-0.4, -0.2) is 69.1 Å². The number of nitrogen functional groups attached to an aromatic ring is 2. The molecule has 6 N–H and O–H groups in total. The minimum Gasteiger partial charge on any atom is -0.398 e. The lowest BCUT2D eigenvalue weighted by Gasteiger charge is -2.27. The first-order valence-corrected chi connectivity index (χ1v) is 12.2. The van der Waals surface area contributed by atoms with E-state index in [2.05, 4.69) is 10.6 Å². The minimum atomic E-state index is -0.959. The molecule has 2 aromatic carbocycles. The fourth-order valence-corrected chi connectivity index (χ4v) is 5.08. The molecule has 0 bridgehead atoms. The van der Waals surface area contributed by atoms with Gasteiger partial charge in [-0.05, 0) is 37.1 Å². The Labute approximate surface area is 225 Å². The quantitative estimate of drug-likeness (QED) is 0.275. The average Bonchev–Trinajstić information content (AvgIpc) is 3.31. The predicted molar refractivity (Wildman–Crippen MR) is 135 cm³/mol. The van der Waals surface area contributed by atoms with Crippen LogP contribution in [0.4, 0.5) is 11.4 Å². The van der Waals surface area contributed by atoms with Gasteiger partial charge < -0.3 is 11.5 Å². The van der Waals surface area contributed by atoms with Crippen LogP contribution in [0.15, 0.2) is 36.4 Å². The molecule has 14 heteroatoms. The zero-order valence-electron chi connectivity index (χ0n) is 20.8. The monoisotopic (exact) mass is 546 g/mol. The number of rotatable bonds is 2. The normalized spacial score (nSPS) is 22.0. The van der Waals surface area contributed by atoms with E-state index in [9.17, 15) is 38.4 Å². The van der Waals surface area contributed by atoms with Gasteiger partial charge in [-0.25, -0.2) is 0 Å². The maximum atomic E-state index is 12.3. The van der Waals surface area contributed by atoms with Gasteiger partial charge in [-0.2, -0.15) is 0 Å². The number of imide groups is 4. The van der Waals surface area contributed by atoms with Crippen molar-refractivity contribution in [1.82, 2.24) is 20.4 Å². The van der Waals surface area contributed by atoms with E-state index in [0.29, 0.717) is 0 Å². The van der Waals surface area contributed by atoms with Crippen LogP contribution in [-0.2, 0) is 19.2 Å². The molecule has 204 valence electrons. The van der Waals surface area contributed by atoms with Crippen molar-refractivity contribution < 1.29 is 38.4 Å². The highest BCUT2D eigenvalue weighted by Crippen LogP contribution is 2.32. The lowest BCUT2D eigenvalue weighted by atomic mass is 10.0. The van der Waals surface area contributed by atoms with Gasteiger partial charge in [0.05, 0.1) is 22.3 Å². The second-order valence-electron chi connectivity index (χ2n) is 9.43. The van der Waals surface area contributed by atoms with Gasteiger partial charge in [0.2, 0.25) is 23.6 Å². The van der Waals surface area contributed by atoms with E-state index < -0.39 is 59.3 Å². The number of hydrogen-bond donors (Lipinski definition) is 4. The zero-order valence-corrected chi connectivity index (χ0v) is 20.8. The molecule has 4 aliphatic rings. The van der Waals surface area contributed by atoms with Gasteiger partial charge >= 0.3 is 0 Å². The van der Waals surface area contributed by atoms with Crippen LogP contribution in [0.25, 0.3) is 0 Å². The Kier molecular flexibility index (Phi) is 6.37. The number of nitrogens with zero attached hydrogens (tertiary/aromatic N) is 2. The van der Waals surface area contributed by atoms with E-state index in [-0.39, 0.29) is 59.3 Å². The van der Waals surface area contributed by atoms with Crippen LogP contribution in [0.1, 0.15) is 67.1 Å². The summed E-state index contributed by atoms with van der Waals surface area (Å²) in [6.45, 7) is 0. The summed E-state index contributed by atoms with van der Waals surface area (Å²) in [6, 6.07) is 7.28. The summed E-state index contributed by atoms with van der Waals surface area (Å²) in [4.78, 5) is 96.8. The zero-order chi connectivity index (χ0) is 28.9. The number of carbonyl (C=O) groups is 8. The molecule has 0 aliphatic carbocycles. The molecule has 14 nitrogen and oxygen atoms in total. The fourth-order valence-electron chi connectivity index (χ4n) is 5.08. The maximum Gasteiger partial charge on any atom is 0.264 e. The number of hydrogen-bond acceptors (Lipinski definition) is 10. The minimum absolute atomic E-state index is 0.0965. The molecule has 0 aromatic heterocycles. The Bertz CT molecular complexity index is 1450. The molecule has 0 spiro atoms. The predicted octanol–water partition coefficient (Wildman–Crippen LogP) is -0.660. The molecule has 2 aromatic rings. The number of amides is 8. The SMILES string of the molecule is Nc1cccc2c1C(=O)N([C@@H]1CCC(=O)NC1=O)C2=O.Nc1cccc2c1C(=O)N([C@H]1CCC(=O)NC1=O)C2=O. The number of nitrogens with one attached hydrogen (secondary N) is 2. The molecule has 0 radical (unpaired) electrons. The van der Waals surface area contributed by atoms with Crippen molar-refractivity contribution in [3.05, 3.63) is 58.7 Å². The third-order valence-electron chi connectivity index (χ3n) is 7.00. The molecule has 2 saturated heterocycles. The number of carbonyl (C=O) groups excluding carboxylic acids is 8. The highest BCUT2D eigenvalue weighted by Gasteiger charge is 2.46. The van der Waals surface area contributed by atoms with E-state index in [0.717, 1.165) is 9.80 Å². The van der Waals surface area contributed by atoms with Crippen molar-refractivity contribution in [3.8, 4) is 0 Å². The van der Waals surface area contributed by atoms with Crippen LogP contribution in [0, 0.1) is 0 Å². The van der Waals surface area contributed by atoms with Crippen molar-refractivity contribution in [3.63, 3.8) is 0 Å². The molecular formula is C26H22N6O8. The molecule has 4 aliphatic heterocycles. The second-order valence-corrected chi connectivity index (χ2v) is 9.43. The lowest BCUT2D eigenvalue weighted by molar-refractivity contribution is -0.137. The van der Waals surface area contributed by atoms with E-state index in [4.69, 9.17) is 11.5 Å². The second kappa shape index (κ2) is 9.72. The van der Waals surface area contributed by atoms with E-state index >= 15 is 0 Å². The smallest absolute Gasteiger partial charge is 0.264 e. The van der Waals surface area contributed by atoms with Crippen LogP contribution < -0.4 is 22.1 Å².